The summed E-state index contributed by atoms with van der Waals surface area (Å²) in [5.74, 6) is 0.385. The van der Waals surface area contributed by atoms with E-state index in [0.29, 0.717) is 12.2 Å². The average Bonchev–Trinajstić information content (AvgIpc) is 2.80. The fraction of sp³-hybridized carbons (Fsp3) is 0.111. The predicted molar refractivity (Wildman–Crippen MR) is 126 cm³/mol. The van der Waals surface area contributed by atoms with Crippen LogP contribution in [0.1, 0.15) is 18.1 Å². The van der Waals surface area contributed by atoms with Crippen LogP contribution in [0, 0.1) is 6.92 Å². The van der Waals surface area contributed by atoms with E-state index >= 15 is 0 Å². The number of aryl methyl sites for hydroxylation is 2. The van der Waals surface area contributed by atoms with Crippen LogP contribution < -0.4 is 4.18 Å². The van der Waals surface area contributed by atoms with Gasteiger partial charge in [-0.25, -0.2) is 0 Å². The monoisotopic (exact) mass is 428 g/mol. The topological polar surface area (TPSA) is 43.4 Å². The van der Waals surface area contributed by atoms with E-state index in [0.717, 1.165) is 33.4 Å². The maximum atomic E-state index is 13.2. The van der Waals surface area contributed by atoms with Gasteiger partial charge in [0.15, 0.2) is 5.75 Å². The Morgan fingerprint density at radius 3 is 1.87 bits per heavy atom. The molecule has 0 saturated carbocycles. The molecule has 0 unspecified atom stereocenters. The van der Waals surface area contributed by atoms with Gasteiger partial charge in [0.25, 0.3) is 0 Å². The molecule has 156 valence electrons. The lowest BCUT2D eigenvalue weighted by Crippen LogP contribution is -2.12. The van der Waals surface area contributed by atoms with Crippen molar-refractivity contribution in [2.24, 2.45) is 0 Å². The van der Waals surface area contributed by atoms with Gasteiger partial charge >= 0.3 is 10.1 Å². The molecule has 31 heavy (non-hydrogen) atoms. The van der Waals surface area contributed by atoms with Crippen LogP contribution in [0.15, 0.2) is 102 Å². The van der Waals surface area contributed by atoms with Gasteiger partial charge < -0.3 is 4.18 Å². The summed E-state index contributed by atoms with van der Waals surface area (Å²) in [7, 11) is -3.99. The zero-order valence-electron chi connectivity index (χ0n) is 17.6. The fourth-order valence-electron chi connectivity index (χ4n) is 3.61. The zero-order chi connectivity index (χ0) is 21.8. The Bertz CT molecular complexity index is 1280. The van der Waals surface area contributed by atoms with E-state index in [1.54, 1.807) is 24.3 Å². The molecule has 0 aliphatic carbocycles. The lowest BCUT2D eigenvalue weighted by molar-refractivity contribution is 0.484. The number of hydrogen-bond donors (Lipinski definition) is 0. The molecule has 4 aromatic carbocycles. The molecule has 0 radical (unpaired) electrons. The second-order valence-electron chi connectivity index (χ2n) is 7.41. The van der Waals surface area contributed by atoms with Crippen LogP contribution in [0.4, 0.5) is 0 Å². The molecule has 4 aromatic rings. The first-order valence-corrected chi connectivity index (χ1v) is 11.7. The number of hydrogen-bond acceptors (Lipinski definition) is 3. The maximum Gasteiger partial charge on any atom is 0.339 e. The summed E-state index contributed by atoms with van der Waals surface area (Å²) in [5, 5.41) is 0. The quantitative estimate of drug-likeness (QED) is 0.323. The van der Waals surface area contributed by atoms with E-state index in [1.807, 2.05) is 86.6 Å². The minimum atomic E-state index is -3.99. The van der Waals surface area contributed by atoms with E-state index in [1.165, 1.54) is 0 Å². The molecule has 4 rings (SSSR count). The van der Waals surface area contributed by atoms with Crippen LogP contribution in [-0.4, -0.2) is 8.42 Å². The molecular weight excluding hydrogens is 404 g/mol. The Morgan fingerprint density at radius 2 is 1.29 bits per heavy atom. The van der Waals surface area contributed by atoms with Crippen LogP contribution in [0.3, 0.4) is 0 Å². The zero-order valence-corrected chi connectivity index (χ0v) is 18.4. The molecule has 0 N–H and O–H groups in total. The molecule has 0 aromatic heterocycles. The van der Waals surface area contributed by atoms with Crippen LogP contribution in [0.2, 0.25) is 0 Å². The van der Waals surface area contributed by atoms with Gasteiger partial charge in [0, 0.05) is 5.56 Å². The second kappa shape index (κ2) is 8.78. The minimum Gasteiger partial charge on any atom is -0.378 e. The van der Waals surface area contributed by atoms with Crippen molar-refractivity contribution in [3.63, 3.8) is 0 Å². The van der Waals surface area contributed by atoms with Crippen molar-refractivity contribution in [1.29, 1.82) is 0 Å². The molecular formula is C27H24O3S. The molecule has 4 heteroatoms. The van der Waals surface area contributed by atoms with Crippen molar-refractivity contribution in [3.8, 4) is 28.0 Å². The molecule has 0 spiro atoms. The first-order chi connectivity index (χ1) is 15.0. The molecule has 0 aliphatic heterocycles. The molecule has 0 saturated heterocycles. The van der Waals surface area contributed by atoms with Gasteiger partial charge in [0.2, 0.25) is 0 Å². The smallest absolute Gasteiger partial charge is 0.339 e. The first kappa shape index (κ1) is 20.9. The number of benzene rings is 4. The van der Waals surface area contributed by atoms with Crippen molar-refractivity contribution >= 4 is 10.1 Å². The van der Waals surface area contributed by atoms with E-state index in [-0.39, 0.29) is 4.90 Å². The van der Waals surface area contributed by atoms with Crippen molar-refractivity contribution < 1.29 is 12.6 Å². The predicted octanol–water partition coefficient (Wildman–Crippen LogP) is 6.66. The highest BCUT2D eigenvalue weighted by Gasteiger charge is 2.24. The summed E-state index contributed by atoms with van der Waals surface area (Å²) in [4.78, 5) is 0.143. The van der Waals surface area contributed by atoms with E-state index < -0.39 is 10.1 Å². The highest BCUT2D eigenvalue weighted by atomic mass is 32.2. The van der Waals surface area contributed by atoms with E-state index in [2.05, 4.69) is 0 Å². The summed E-state index contributed by atoms with van der Waals surface area (Å²) in [5.41, 5.74) is 5.45. The molecule has 0 fully saturated rings. The summed E-state index contributed by atoms with van der Waals surface area (Å²) >= 11 is 0. The van der Waals surface area contributed by atoms with Gasteiger partial charge in [-0.1, -0.05) is 97.4 Å². The third kappa shape index (κ3) is 4.39. The van der Waals surface area contributed by atoms with Gasteiger partial charge in [0.05, 0.1) is 0 Å². The highest BCUT2D eigenvalue weighted by molar-refractivity contribution is 7.87. The third-order valence-electron chi connectivity index (χ3n) is 5.27. The lowest BCUT2D eigenvalue weighted by Gasteiger charge is -2.19. The molecule has 0 aliphatic rings. The molecule has 0 bridgehead atoms. The standard InChI is InChI=1S/C27H24O3S/c1-3-21-16-19-25(22-10-6-4-7-11-22)26(23-12-8-5-9-13-23)27(21)30-31(28,29)24-17-14-20(2)15-18-24/h4-19H,3H2,1-2H3. The summed E-state index contributed by atoms with van der Waals surface area (Å²) in [6.07, 6.45) is 0.646. The molecule has 0 heterocycles. The van der Waals surface area contributed by atoms with Crippen molar-refractivity contribution in [2.45, 2.75) is 25.2 Å². The second-order valence-corrected chi connectivity index (χ2v) is 8.96. The van der Waals surface area contributed by atoms with Crippen LogP contribution in [0.5, 0.6) is 5.75 Å². The van der Waals surface area contributed by atoms with Gasteiger partial charge in [-0.2, -0.15) is 8.42 Å². The minimum absolute atomic E-state index is 0.143. The van der Waals surface area contributed by atoms with Crippen LogP contribution >= 0.6 is 0 Å². The Kier molecular flexibility index (Phi) is 5.92. The molecule has 3 nitrogen and oxygen atoms in total. The maximum absolute atomic E-state index is 13.2. The summed E-state index contributed by atoms with van der Waals surface area (Å²) < 4.78 is 32.3. The molecule has 0 amide bonds. The van der Waals surface area contributed by atoms with Gasteiger partial charge in [-0.15, -0.1) is 0 Å². The van der Waals surface area contributed by atoms with Gasteiger partial charge in [0.1, 0.15) is 4.90 Å². The normalized spacial score (nSPS) is 11.3. The van der Waals surface area contributed by atoms with E-state index in [4.69, 9.17) is 4.18 Å². The SMILES string of the molecule is CCc1ccc(-c2ccccc2)c(-c2ccccc2)c1OS(=O)(=O)c1ccc(C)cc1. The Balaban J connectivity index is 1.95. The van der Waals surface area contributed by atoms with Crippen LogP contribution in [0.25, 0.3) is 22.3 Å². The Labute approximate surface area is 184 Å². The highest BCUT2D eigenvalue weighted by Crippen LogP contribution is 2.42. The van der Waals surface area contributed by atoms with Crippen molar-refractivity contribution in [1.82, 2.24) is 0 Å². The van der Waals surface area contributed by atoms with Gasteiger partial charge in [-0.3, -0.25) is 0 Å². The summed E-state index contributed by atoms with van der Waals surface area (Å²) in [6.45, 7) is 3.92. The Hall–Kier alpha value is -3.37. The number of rotatable bonds is 6. The van der Waals surface area contributed by atoms with Crippen LogP contribution in [-0.2, 0) is 16.5 Å². The van der Waals surface area contributed by atoms with Crippen molar-refractivity contribution in [3.05, 3.63) is 108 Å². The lowest BCUT2D eigenvalue weighted by atomic mass is 9.91. The summed E-state index contributed by atoms with van der Waals surface area (Å²) in [6, 6.07) is 30.5. The third-order valence-corrected chi connectivity index (χ3v) is 6.51. The molecule has 0 atom stereocenters. The van der Waals surface area contributed by atoms with Crippen molar-refractivity contribution in [2.75, 3.05) is 0 Å². The first-order valence-electron chi connectivity index (χ1n) is 10.3. The fourth-order valence-corrected chi connectivity index (χ4v) is 4.59. The largest absolute Gasteiger partial charge is 0.378 e. The Morgan fingerprint density at radius 1 is 0.710 bits per heavy atom. The average molecular weight is 429 g/mol. The van der Waals surface area contributed by atoms with Gasteiger partial charge in [-0.05, 0) is 47.7 Å². The van der Waals surface area contributed by atoms with E-state index in [9.17, 15) is 8.42 Å².